The predicted octanol–water partition coefficient (Wildman–Crippen LogP) is 10.1. The minimum Gasteiger partial charge on any atom is -0.458 e. The molecule has 0 unspecified atom stereocenters. The zero-order valence-corrected chi connectivity index (χ0v) is 25.4. The van der Waals surface area contributed by atoms with Crippen LogP contribution in [0.5, 0.6) is 0 Å². The van der Waals surface area contributed by atoms with Crippen LogP contribution in [-0.4, -0.2) is 23.1 Å². The molecule has 0 aromatic heterocycles. The van der Waals surface area contributed by atoms with Crippen LogP contribution in [0.15, 0.2) is 0 Å². The van der Waals surface area contributed by atoms with Crippen LogP contribution < -0.4 is 0 Å². The summed E-state index contributed by atoms with van der Waals surface area (Å²) in [6.45, 7) is 15.0. The van der Waals surface area contributed by atoms with Crippen molar-refractivity contribution in [3.63, 3.8) is 0 Å². The second-order valence-electron chi connectivity index (χ2n) is 11.0. The molecule has 0 aliphatic rings. The van der Waals surface area contributed by atoms with E-state index in [1.165, 1.54) is 25.7 Å². The van der Waals surface area contributed by atoms with Crippen LogP contribution in [0.3, 0.4) is 0 Å². The third-order valence-corrected chi connectivity index (χ3v) is 8.35. The van der Waals surface area contributed by atoms with Crippen molar-refractivity contribution in [3.8, 4) is 0 Å². The van der Waals surface area contributed by atoms with E-state index in [-0.39, 0.29) is 11.9 Å². The highest BCUT2D eigenvalue weighted by atomic mass is 16.6. The Bertz CT molecular complexity index is 508. The molecule has 214 valence electrons. The SMILES string of the molecule is CCCCCCCCCC(C(=O)OC(CC)(CC)CCCCC)C(=O)OC(CC)(CC)CCCCC. The fourth-order valence-electron chi connectivity index (χ4n) is 5.20. The summed E-state index contributed by atoms with van der Waals surface area (Å²) in [5.41, 5.74) is -0.947. The van der Waals surface area contributed by atoms with E-state index in [0.29, 0.717) is 6.42 Å². The van der Waals surface area contributed by atoms with Gasteiger partial charge in [-0.2, -0.15) is 0 Å². The van der Waals surface area contributed by atoms with Crippen molar-refractivity contribution in [2.24, 2.45) is 5.92 Å². The summed E-state index contributed by atoms with van der Waals surface area (Å²) in [7, 11) is 0. The Balaban J connectivity index is 5.50. The second kappa shape index (κ2) is 20.9. The summed E-state index contributed by atoms with van der Waals surface area (Å²) in [6, 6.07) is 0. The van der Waals surface area contributed by atoms with Gasteiger partial charge in [0.2, 0.25) is 0 Å². The quantitative estimate of drug-likeness (QED) is 0.0736. The topological polar surface area (TPSA) is 52.6 Å². The zero-order chi connectivity index (χ0) is 27.3. The molecule has 0 saturated heterocycles. The van der Waals surface area contributed by atoms with Crippen molar-refractivity contribution in [2.45, 2.75) is 188 Å². The van der Waals surface area contributed by atoms with E-state index < -0.39 is 17.1 Å². The third-order valence-electron chi connectivity index (χ3n) is 8.35. The first-order valence-electron chi connectivity index (χ1n) is 15.8. The lowest BCUT2D eigenvalue weighted by molar-refractivity contribution is -0.182. The average molecular weight is 511 g/mol. The first-order valence-corrected chi connectivity index (χ1v) is 15.8. The summed E-state index contributed by atoms with van der Waals surface area (Å²) in [5.74, 6) is -1.53. The van der Waals surface area contributed by atoms with Gasteiger partial charge in [0.25, 0.3) is 0 Å². The maximum Gasteiger partial charge on any atom is 0.320 e. The van der Waals surface area contributed by atoms with Gasteiger partial charge in [0.1, 0.15) is 11.2 Å². The lowest BCUT2D eigenvalue weighted by atomic mass is 9.89. The number of unbranched alkanes of at least 4 members (excludes halogenated alkanes) is 10. The molecular formula is C32H62O4. The van der Waals surface area contributed by atoms with E-state index in [4.69, 9.17) is 9.47 Å². The molecule has 0 N–H and O–H groups in total. The Kier molecular flexibility index (Phi) is 20.3. The molecule has 0 aromatic rings. The maximum absolute atomic E-state index is 13.6. The Labute approximate surface area is 225 Å². The normalized spacial score (nSPS) is 12.2. The van der Waals surface area contributed by atoms with E-state index in [1.807, 2.05) is 0 Å². The molecule has 0 radical (unpaired) electrons. The monoisotopic (exact) mass is 510 g/mol. The number of hydrogen-bond acceptors (Lipinski definition) is 4. The Morgan fingerprint density at radius 3 is 1.19 bits per heavy atom. The fraction of sp³-hybridized carbons (Fsp3) is 0.938. The molecular weight excluding hydrogens is 448 g/mol. The highest BCUT2D eigenvalue weighted by molar-refractivity contribution is 5.95. The summed E-state index contributed by atoms with van der Waals surface area (Å²) < 4.78 is 12.4. The van der Waals surface area contributed by atoms with Crippen molar-refractivity contribution < 1.29 is 19.1 Å². The van der Waals surface area contributed by atoms with Crippen LogP contribution in [0.1, 0.15) is 177 Å². The number of ether oxygens (including phenoxy) is 2. The number of esters is 2. The third kappa shape index (κ3) is 13.5. The fourth-order valence-corrected chi connectivity index (χ4v) is 5.20. The van der Waals surface area contributed by atoms with Crippen LogP contribution >= 0.6 is 0 Å². The largest absolute Gasteiger partial charge is 0.458 e. The lowest BCUT2D eigenvalue weighted by Crippen LogP contribution is -2.42. The Morgan fingerprint density at radius 1 is 0.500 bits per heavy atom. The van der Waals surface area contributed by atoms with Gasteiger partial charge in [0.15, 0.2) is 5.92 Å². The summed E-state index contributed by atoms with van der Waals surface area (Å²) >= 11 is 0. The highest BCUT2D eigenvalue weighted by Gasteiger charge is 2.40. The predicted molar refractivity (Wildman–Crippen MR) is 153 cm³/mol. The number of hydrogen-bond donors (Lipinski definition) is 0. The minimum absolute atomic E-state index is 0.360. The molecule has 0 spiro atoms. The Hall–Kier alpha value is -1.06. The van der Waals surface area contributed by atoms with Gasteiger partial charge in [0.05, 0.1) is 0 Å². The molecule has 4 heteroatoms. The van der Waals surface area contributed by atoms with Gasteiger partial charge >= 0.3 is 11.9 Å². The van der Waals surface area contributed by atoms with Crippen LogP contribution in [-0.2, 0) is 19.1 Å². The second-order valence-corrected chi connectivity index (χ2v) is 11.0. The molecule has 0 aliphatic carbocycles. The van der Waals surface area contributed by atoms with E-state index >= 15 is 0 Å². The average Bonchev–Trinajstić information content (AvgIpc) is 2.89. The van der Waals surface area contributed by atoms with Gasteiger partial charge in [-0.05, 0) is 57.8 Å². The van der Waals surface area contributed by atoms with Crippen molar-refractivity contribution in [1.29, 1.82) is 0 Å². The molecule has 0 rings (SSSR count). The summed E-state index contributed by atoms with van der Waals surface area (Å²) in [4.78, 5) is 27.1. The van der Waals surface area contributed by atoms with Crippen molar-refractivity contribution in [1.82, 2.24) is 0 Å². The van der Waals surface area contributed by atoms with Crippen LogP contribution in [0.2, 0.25) is 0 Å². The van der Waals surface area contributed by atoms with Gasteiger partial charge in [-0.3, -0.25) is 9.59 Å². The zero-order valence-electron chi connectivity index (χ0n) is 25.4. The van der Waals surface area contributed by atoms with Gasteiger partial charge in [-0.15, -0.1) is 0 Å². The first-order chi connectivity index (χ1) is 17.3. The number of carbonyl (C=O) groups excluding carboxylic acids is 2. The maximum atomic E-state index is 13.6. The Morgan fingerprint density at radius 2 is 0.833 bits per heavy atom. The molecule has 0 fully saturated rings. The molecule has 36 heavy (non-hydrogen) atoms. The summed E-state index contributed by atoms with van der Waals surface area (Å²) in [6.07, 6.45) is 20.1. The standard InChI is InChI=1S/C32H62O4/c1-8-15-18-19-20-21-22-25-28(29(33)35-31(11-4,12-5)26-23-16-9-2)30(34)36-32(13-6,14-7)27-24-17-10-3/h28H,8-27H2,1-7H3. The van der Waals surface area contributed by atoms with Crippen LogP contribution in [0, 0.1) is 5.92 Å². The molecule has 0 aromatic carbocycles. The smallest absolute Gasteiger partial charge is 0.320 e. The van der Waals surface area contributed by atoms with E-state index in [2.05, 4.69) is 48.5 Å². The van der Waals surface area contributed by atoms with Gasteiger partial charge in [0, 0.05) is 0 Å². The molecule has 0 amide bonds. The number of carbonyl (C=O) groups is 2. The molecule has 4 nitrogen and oxygen atoms in total. The first kappa shape index (κ1) is 34.9. The van der Waals surface area contributed by atoms with Gasteiger partial charge < -0.3 is 9.47 Å². The molecule has 0 atom stereocenters. The van der Waals surface area contributed by atoms with E-state index in [1.54, 1.807) is 0 Å². The van der Waals surface area contributed by atoms with Crippen LogP contribution in [0.25, 0.3) is 0 Å². The number of rotatable bonds is 24. The van der Waals surface area contributed by atoms with Gasteiger partial charge in [-0.25, -0.2) is 0 Å². The molecule has 0 aliphatic heterocycles. The molecule has 0 bridgehead atoms. The molecule has 0 heterocycles. The highest BCUT2D eigenvalue weighted by Crippen LogP contribution is 2.33. The molecule has 0 saturated carbocycles. The van der Waals surface area contributed by atoms with Crippen LogP contribution in [0.4, 0.5) is 0 Å². The van der Waals surface area contributed by atoms with Crippen molar-refractivity contribution in [2.75, 3.05) is 0 Å². The lowest BCUT2D eigenvalue weighted by Gasteiger charge is -2.35. The van der Waals surface area contributed by atoms with Crippen molar-refractivity contribution >= 4 is 11.9 Å². The minimum atomic E-state index is -0.812. The van der Waals surface area contributed by atoms with E-state index in [0.717, 1.165) is 96.3 Å². The van der Waals surface area contributed by atoms with Gasteiger partial charge in [-0.1, -0.05) is 119 Å². The van der Waals surface area contributed by atoms with E-state index in [9.17, 15) is 9.59 Å². The summed E-state index contributed by atoms with van der Waals surface area (Å²) in [5, 5.41) is 0. The van der Waals surface area contributed by atoms with Crippen molar-refractivity contribution in [3.05, 3.63) is 0 Å².